The zero-order valence-electron chi connectivity index (χ0n) is 14.2. The minimum absolute atomic E-state index is 0.244. The highest BCUT2D eigenvalue weighted by molar-refractivity contribution is 5.61. The number of benzene rings is 1. The van der Waals surface area contributed by atoms with Gasteiger partial charge in [0, 0.05) is 18.0 Å². The Morgan fingerprint density at radius 2 is 1.96 bits per heavy atom. The highest BCUT2D eigenvalue weighted by Gasteiger charge is 2.16. The van der Waals surface area contributed by atoms with Gasteiger partial charge >= 0.3 is 5.76 Å². The largest absolute Gasteiger partial charge is 0.493 e. The maximum Gasteiger partial charge on any atom is 0.442 e. The molecule has 0 aliphatic carbocycles. The standard InChI is InChI=1S/C18H16N4O4/c1-24-14-7-6-12(9-15(14)25-2)17-20-26-18(23)22(17)11-13-10-21-8-4-3-5-16(21)19-13/h3-10H,11H2,1-2H3. The molecule has 0 N–H and O–H groups in total. The number of hydrogen-bond donors (Lipinski definition) is 0. The fourth-order valence-electron chi connectivity index (χ4n) is 2.82. The summed E-state index contributed by atoms with van der Waals surface area (Å²) in [6.45, 7) is 0.244. The average molecular weight is 352 g/mol. The lowest BCUT2D eigenvalue weighted by Gasteiger charge is -2.09. The van der Waals surface area contributed by atoms with Crippen LogP contribution in [0.25, 0.3) is 17.0 Å². The predicted octanol–water partition coefficient (Wildman–Crippen LogP) is 2.22. The first-order chi connectivity index (χ1) is 12.7. The summed E-state index contributed by atoms with van der Waals surface area (Å²) >= 11 is 0. The average Bonchev–Trinajstić information content (AvgIpc) is 3.24. The van der Waals surface area contributed by atoms with Gasteiger partial charge in [-0.3, -0.25) is 9.09 Å². The maximum atomic E-state index is 12.2. The third-order valence-corrected chi connectivity index (χ3v) is 4.06. The van der Waals surface area contributed by atoms with Gasteiger partial charge in [-0.1, -0.05) is 11.2 Å². The van der Waals surface area contributed by atoms with Crippen molar-refractivity contribution in [3.63, 3.8) is 0 Å². The Labute approximate surface area is 148 Å². The van der Waals surface area contributed by atoms with Crippen LogP contribution in [0.15, 0.2) is 58.1 Å². The van der Waals surface area contributed by atoms with Gasteiger partial charge in [0.25, 0.3) is 0 Å². The van der Waals surface area contributed by atoms with Crippen LogP contribution in [-0.4, -0.2) is 33.3 Å². The molecular formula is C18H16N4O4. The van der Waals surface area contributed by atoms with Gasteiger partial charge in [-0.15, -0.1) is 0 Å². The lowest BCUT2D eigenvalue weighted by molar-refractivity contribution is 0.355. The third kappa shape index (κ3) is 2.71. The molecule has 0 aliphatic heterocycles. The van der Waals surface area contributed by atoms with Crippen LogP contribution in [-0.2, 0) is 6.54 Å². The number of aromatic nitrogens is 4. The normalized spacial score (nSPS) is 11.0. The van der Waals surface area contributed by atoms with E-state index in [1.54, 1.807) is 32.4 Å². The van der Waals surface area contributed by atoms with Crippen molar-refractivity contribution in [2.45, 2.75) is 6.54 Å². The zero-order chi connectivity index (χ0) is 18.1. The molecule has 0 atom stereocenters. The second-order valence-corrected chi connectivity index (χ2v) is 5.63. The molecule has 3 aromatic heterocycles. The van der Waals surface area contributed by atoms with Gasteiger partial charge < -0.3 is 13.9 Å². The van der Waals surface area contributed by atoms with Gasteiger partial charge in [0.1, 0.15) is 5.65 Å². The van der Waals surface area contributed by atoms with Crippen LogP contribution in [0.1, 0.15) is 5.69 Å². The fourth-order valence-corrected chi connectivity index (χ4v) is 2.82. The molecule has 4 aromatic rings. The van der Waals surface area contributed by atoms with E-state index < -0.39 is 5.76 Å². The van der Waals surface area contributed by atoms with E-state index in [-0.39, 0.29) is 6.54 Å². The Morgan fingerprint density at radius 3 is 2.73 bits per heavy atom. The summed E-state index contributed by atoms with van der Waals surface area (Å²) in [6.07, 6.45) is 3.77. The van der Waals surface area contributed by atoms with Gasteiger partial charge in [-0.2, -0.15) is 0 Å². The molecule has 0 spiro atoms. The number of methoxy groups -OCH3 is 2. The fraction of sp³-hybridized carbons (Fsp3) is 0.167. The monoisotopic (exact) mass is 352 g/mol. The second kappa shape index (κ2) is 6.40. The molecule has 3 heterocycles. The first-order valence-corrected chi connectivity index (χ1v) is 7.91. The molecule has 26 heavy (non-hydrogen) atoms. The van der Waals surface area contributed by atoms with Gasteiger partial charge in [-0.25, -0.2) is 9.78 Å². The molecule has 8 heteroatoms. The van der Waals surface area contributed by atoms with Crippen molar-refractivity contribution in [2.75, 3.05) is 14.2 Å². The summed E-state index contributed by atoms with van der Waals surface area (Å²) in [5.74, 6) is 0.980. The molecule has 0 unspecified atom stereocenters. The van der Waals surface area contributed by atoms with Gasteiger partial charge in [-0.05, 0) is 30.3 Å². The van der Waals surface area contributed by atoms with Gasteiger partial charge in [0.05, 0.1) is 26.5 Å². The van der Waals surface area contributed by atoms with Crippen LogP contribution >= 0.6 is 0 Å². The molecule has 0 radical (unpaired) electrons. The van der Waals surface area contributed by atoms with Gasteiger partial charge in [0.2, 0.25) is 0 Å². The Balaban J connectivity index is 1.75. The van der Waals surface area contributed by atoms with Crippen LogP contribution < -0.4 is 15.2 Å². The second-order valence-electron chi connectivity index (χ2n) is 5.63. The zero-order valence-corrected chi connectivity index (χ0v) is 14.2. The Bertz CT molecular complexity index is 1090. The van der Waals surface area contributed by atoms with E-state index in [1.807, 2.05) is 35.0 Å². The molecule has 1 aromatic carbocycles. The number of nitrogens with zero attached hydrogens (tertiary/aromatic N) is 4. The van der Waals surface area contributed by atoms with E-state index in [1.165, 1.54) is 4.57 Å². The maximum absolute atomic E-state index is 12.2. The van der Waals surface area contributed by atoms with Crippen molar-refractivity contribution in [3.8, 4) is 22.9 Å². The molecular weight excluding hydrogens is 336 g/mol. The highest BCUT2D eigenvalue weighted by atomic mass is 16.5. The molecule has 0 fully saturated rings. The first-order valence-electron chi connectivity index (χ1n) is 7.91. The number of pyridine rings is 1. The highest BCUT2D eigenvalue weighted by Crippen LogP contribution is 2.31. The van der Waals surface area contributed by atoms with Crippen LogP contribution in [0.5, 0.6) is 11.5 Å². The quantitative estimate of drug-likeness (QED) is 0.548. The Morgan fingerprint density at radius 1 is 1.12 bits per heavy atom. The van der Waals surface area contributed by atoms with E-state index in [0.29, 0.717) is 22.9 Å². The molecule has 4 rings (SSSR count). The lowest BCUT2D eigenvalue weighted by Crippen LogP contribution is -2.16. The van der Waals surface area contributed by atoms with E-state index in [0.717, 1.165) is 11.3 Å². The minimum Gasteiger partial charge on any atom is -0.493 e. The van der Waals surface area contributed by atoms with E-state index in [9.17, 15) is 4.79 Å². The van der Waals surface area contributed by atoms with Crippen molar-refractivity contribution < 1.29 is 14.0 Å². The van der Waals surface area contributed by atoms with Crippen molar-refractivity contribution >= 4 is 5.65 Å². The van der Waals surface area contributed by atoms with Crippen LogP contribution in [0, 0.1) is 0 Å². The van der Waals surface area contributed by atoms with Crippen molar-refractivity contribution in [1.82, 2.24) is 19.1 Å². The van der Waals surface area contributed by atoms with Crippen molar-refractivity contribution in [3.05, 3.63) is 65.0 Å². The summed E-state index contributed by atoms with van der Waals surface area (Å²) in [4.78, 5) is 16.7. The molecule has 0 amide bonds. The smallest absolute Gasteiger partial charge is 0.442 e. The topological polar surface area (TPSA) is 83.8 Å². The van der Waals surface area contributed by atoms with Crippen molar-refractivity contribution in [2.24, 2.45) is 0 Å². The molecule has 0 aliphatic rings. The van der Waals surface area contributed by atoms with Crippen LogP contribution in [0.3, 0.4) is 0 Å². The SMILES string of the molecule is COc1ccc(-c2noc(=O)n2Cc2cn3ccccc3n2)cc1OC. The molecule has 0 bridgehead atoms. The summed E-state index contributed by atoms with van der Waals surface area (Å²) < 4.78 is 18.8. The van der Waals surface area contributed by atoms with E-state index in [2.05, 4.69) is 10.1 Å². The molecule has 0 saturated heterocycles. The number of fused-ring (bicyclic) bond motifs is 1. The minimum atomic E-state index is -0.549. The van der Waals surface area contributed by atoms with E-state index >= 15 is 0 Å². The summed E-state index contributed by atoms with van der Waals surface area (Å²) in [7, 11) is 3.11. The molecule has 8 nitrogen and oxygen atoms in total. The summed E-state index contributed by atoms with van der Waals surface area (Å²) in [5.41, 5.74) is 2.21. The molecule has 0 saturated carbocycles. The van der Waals surface area contributed by atoms with Crippen LogP contribution in [0.2, 0.25) is 0 Å². The third-order valence-electron chi connectivity index (χ3n) is 4.06. The van der Waals surface area contributed by atoms with Crippen LogP contribution in [0.4, 0.5) is 0 Å². The summed E-state index contributed by atoms with van der Waals surface area (Å²) in [5, 5.41) is 3.91. The van der Waals surface area contributed by atoms with Crippen molar-refractivity contribution in [1.29, 1.82) is 0 Å². The summed E-state index contributed by atoms with van der Waals surface area (Å²) in [6, 6.07) is 11.0. The van der Waals surface area contributed by atoms with Gasteiger partial charge in [0.15, 0.2) is 17.3 Å². The van der Waals surface area contributed by atoms with E-state index in [4.69, 9.17) is 14.0 Å². The first kappa shape index (κ1) is 15.9. The lowest BCUT2D eigenvalue weighted by atomic mass is 10.2. The number of hydrogen-bond acceptors (Lipinski definition) is 6. The molecule has 132 valence electrons. The number of ether oxygens (including phenoxy) is 2. The number of imidazole rings is 1. The Hall–Kier alpha value is -3.55. The predicted molar refractivity (Wildman–Crippen MR) is 93.6 cm³/mol. The Kier molecular flexibility index (Phi) is 3.92. The number of rotatable bonds is 5.